The fourth-order valence-corrected chi connectivity index (χ4v) is 3.17. The maximum Gasteiger partial charge on any atom is 0.190 e. The van der Waals surface area contributed by atoms with E-state index in [4.69, 9.17) is 28.4 Å². The van der Waals surface area contributed by atoms with Crippen molar-refractivity contribution in [3.63, 3.8) is 0 Å². The quantitative estimate of drug-likeness (QED) is 0.738. The summed E-state index contributed by atoms with van der Waals surface area (Å²) in [5.74, 6) is -1.32. The van der Waals surface area contributed by atoms with Crippen LogP contribution in [0.2, 0.25) is 0 Å². The fraction of sp³-hybridized carbons (Fsp3) is 1.00. The van der Waals surface area contributed by atoms with E-state index in [-0.39, 0.29) is 24.4 Å². The van der Waals surface area contributed by atoms with Gasteiger partial charge in [-0.25, -0.2) is 0 Å². The van der Waals surface area contributed by atoms with Gasteiger partial charge >= 0.3 is 0 Å². The van der Waals surface area contributed by atoms with Gasteiger partial charge in [-0.3, -0.25) is 0 Å². The fourth-order valence-electron chi connectivity index (χ4n) is 3.17. The van der Waals surface area contributed by atoms with E-state index in [0.29, 0.717) is 13.2 Å². The second-order valence-electron chi connectivity index (χ2n) is 6.78. The van der Waals surface area contributed by atoms with Crippen molar-refractivity contribution in [1.29, 1.82) is 0 Å². The lowest BCUT2D eigenvalue weighted by Gasteiger charge is -2.37. The van der Waals surface area contributed by atoms with Gasteiger partial charge in [0.05, 0.1) is 6.61 Å². The molecule has 0 amide bonds. The van der Waals surface area contributed by atoms with Crippen LogP contribution in [-0.2, 0) is 28.4 Å². The van der Waals surface area contributed by atoms with Crippen LogP contribution in [0.5, 0.6) is 0 Å². The second-order valence-corrected chi connectivity index (χ2v) is 6.78. The maximum absolute atomic E-state index is 6.03. The van der Waals surface area contributed by atoms with Gasteiger partial charge in [0.25, 0.3) is 0 Å². The van der Waals surface area contributed by atoms with Crippen LogP contribution in [0, 0.1) is 0 Å². The highest BCUT2D eigenvalue weighted by Gasteiger charge is 2.60. The minimum Gasteiger partial charge on any atom is -0.379 e. The van der Waals surface area contributed by atoms with Crippen LogP contribution < -0.4 is 0 Å². The Hall–Kier alpha value is -0.240. The molecule has 5 atom stereocenters. The second kappa shape index (κ2) is 5.44. The van der Waals surface area contributed by atoms with Crippen molar-refractivity contribution in [3.05, 3.63) is 0 Å². The summed E-state index contributed by atoms with van der Waals surface area (Å²) in [6, 6.07) is 0. The molecule has 3 aliphatic heterocycles. The van der Waals surface area contributed by atoms with E-state index in [1.54, 1.807) is 0 Å². The third-order valence-corrected chi connectivity index (χ3v) is 3.88. The Kier molecular flexibility index (Phi) is 4.05. The molecule has 122 valence electrons. The summed E-state index contributed by atoms with van der Waals surface area (Å²) in [6.07, 6.45) is -0.334. The summed E-state index contributed by atoms with van der Waals surface area (Å²) in [6.45, 7) is 10.8. The van der Waals surface area contributed by atoms with Gasteiger partial charge in [-0.05, 0) is 34.1 Å². The number of hydrogen-bond donors (Lipinski definition) is 0. The van der Waals surface area contributed by atoms with Gasteiger partial charge in [-0.1, -0.05) is 6.92 Å². The molecule has 0 spiro atoms. The van der Waals surface area contributed by atoms with Crippen LogP contribution in [-0.4, -0.2) is 55.5 Å². The van der Waals surface area contributed by atoms with E-state index in [1.165, 1.54) is 0 Å². The van der Waals surface area contributed by atoms with Crippen LogP contribution in [0.15, 0.2) is 0 Å². The molecule has 3 aliphatic rings. The first kappa shape index (κ1) is 15.6. The minimum atomic E-state index is -0.671. The van der Waals surface area contributed by atoms with Crippen LogP contribution >= 0.6 is 0 Å². The normalized spacial score (nSPS) is 43.6. The number of rotatable bonds is 4. The largest absolute Gasteiger partial charge is 0.379 e. The molecule has 21 heavy (non-hydrogen) atoms. The van der Waals surface area contributed by atoms with Gasteiger partial charge < -0.3 is 28.4 Å². The predicted octanol–water partition coefficient (Wildman–Crippen LogP) is 1.81. The van der Waals surface area contributed by atoms with Crippen molar-refractivity contribution in [1.82, 2.24) is 0 Å². The van der Waals surface area contributed by atoms with Crippen molar-refractivity contribution in [2.24, 2.45) is 0 Å². The molecular formula is C15H26O6. The molecule has 6 nitrogen and oxygen atoms in total. The Labute approximate surface area is 126 Å². The predicted molar refractivity (Wildman–Crippen MR) is 73.6 cm³/mol. The van der Waals surface area contributed by atoms with E-state index in [0.717, 1.165) is 6.42 Å². The Balaban J connectivity index is 1.75. The van der Waals surface area contributed by atoms with Crippen molar-refractivity contribution >= 4 is 0 Å². The van der Waals surface area contributed by atoms with E-state index in [2.05, 4.69) is 6.92 Å². The molecule has 0 saturated carbocycles. The third kappa shape index (κ3) is 3.11. The summed E-state index contributed by atoms with van der Waals surface area (Å²) < 4.78 is 35.5. The number of fused-ring (bicyclic) bond motifs is 3. The van der Waals surface area contributed by atoms with Crippen LogP contribution in [0.3, 0.4) is 0 Å². The first-order chi connectivity index (χ1) is 9.81. The molecule has 0 aromatic heterocycles. The topological polar surface area (TPSA) is 55.4 Å². The summed E-state index contributed by atoms with van der Waals surface area (Å²) in [7, 11) is 0. The van der Waals surface area contributed by atoms with Gasteiger partial charge in [0.2, 0.25) is 0 Å². The maximum atomic E-state index is 6.03. The third-order valence-electron chi connectivity index (χ3n) is 3.88. The summed E-state index contributed by atoms with van der Waals surface area (Å²) >= 11 is 0. The molecule has 0 aromatic carbocycles. The number of hydrogen-bond acceptors (Lipinski definition) is 6. The Morgan fingerprint density at radius 1 is 0.857 bits per heavy atom. The standard InChI is InChI=1S/C15H26O6/c1-6-7-16-8-9-10-11(19-14(2,3)18-10)12-13(17-9)21-15(4,5)20-12/h9-13H,6-8H2,1-5H3/t9-,10+,11+,12-,13+/m1/s1. The Bertz CT molecular complexity index is 382. The van der Waals surface area contributed by atoms with Gasteiger partial charge in [-0.15, -0.1) is 0 Å². The zero-order valence-corrected chi connectivity index (χ0v) is 13.5. The number of ether oxygens (including phenoxy) is 6. The average Bonchev–Trinajstić information content (AvgIpc) is 2.84. The molecule has 3 heterocycles. The Morgan fingerprint density at radius 2 is 1.48 bits per heavy atom. The summed E-state index contributed by atoms with van der Waals surface area (Å²) in [5, 5.41) is 0. The molecule has 0 aliphatic carbocycles. The summed E-state index contributed by atoms with van der Waals surface area (Å²) in [5.41, 5.74) is 0. The Morgan fingerprint density at radius 3 is 2.19 bits per heavy atom. The van der Waals surface area contributed by atoms with E-state index < -0.39 is 17.9 Å². The molecule has 0 radical (unpaired) electrons. The monoisotopic (exact) mass is 302 g/mol. The molecule has 3 fully saturated rings. The average molecular weight is 302 g/mol. The van der Waals surface area contributed by atoms with E-state index in [1.807, 2.05) is 27.7 Å². The lowest BCUT2D eigenvalue weighted by molar-refractivity contribution is -0.243. The van der Waals surface area contributed by atoms with Crippen LogP contribution in [0.4, 0.5) is 0 Å². The highest BCUT2D eigenvalue weighted by molar-refractivity contribution is 4.99. The molecule has 0 aromatic rings. The van der Waals surface area contributed by atoms with Gasteiger partial charge in [0.15, 0.2) is 17.9 Å². The van der Waals surface area contributed by atoms with E-state index >= 15 is 0 Å². The zero-order valence-electron chi connectivity index (χ0n) is 13.5. The lowest BCUT2D eigenvalue weighted by atomic mass is 9.99. The SMILES string of the molecule is CCCOC[C@H]1O[C@H]2OC(C)(C)O[C@@H]2[C@H]2OC(C)(C)O[C@H]21. The highest BCUT2D eigenvalue weighted by Crippen LogP contribution is 2.44. The van der Waals surface area contributed by atoms with Gasteiger partial charge in [-0.2, -0.15) is 0 Å². The summed E-state index contributed by atoms with van der Waals surface area (Å²) in [4.78, 5) is 0. The lowest BCUT2D eigenvalue weighted by Crippen LogP contribution is -2.56. The zero-order chi connectivity index (χ0) is 15.3. The van der Waals surface area contributed by atoms with Crippen molar-refractivity contribution in [2.45, 2.75) is 83.3 Å². The minimum absolute atomic E-state index is 0.198. The van der Waals surface area contributed by atoms with Crippen LogP contribution in [0.1, 0.15) is 41.0 Å². The van der Waals surface area contributed by atoms with Crippen molar-refractivity contribution < 1.29 is 28.4 Å². The first-order valence-electron chi connectivity index (χ1n) is 7.76. The molecule has 0 N–H and O–H groups in total. The van der Waals surface area contributed by atoms with Crippen molar-refractivity contribution in [3.8, 4) is 0 Å². The first-order valence-corrected chi connectivity index (χ1v) is 7.76. The van der Waals surface area contributed by atoms with Gasteiger partial charge in [0.1, 0.15) is 24.4 Å². The smallest absolute Gasteiger partial charge is 0.190 e. The van der Waals surface area contributed by atoms with Gasteiger partial charge in [0, 0.05) is 6.61 Å². The van der Waals surface area contributed by atoms with E-state index in [9.17, 15) is 0 Å². The molecule has 3 saturated heterocycles. The molecule has 3 rings (SSSR count). The van der Waals surface area contributed by atoms with Crippen LogP contribution in [0.25, 0.3) is 0 Å². The molecule has 0 unspecified atom stereocenters. The highest BCUT2D eigenvalue weighted by atomic mass is 16.9. The molecular weight excluding hydrogens is 276 g/mol. The molecule has 0 bridgehead atoms. The van der Waals surface area contributed by atoms with Crippen molar-refractivity contribution in [2.75, 3.05) is 13.2 Å². The molecule has 6 heteroatoms.